The molecule has 0 amide bonds. The van der Waals surface area contributed by atoms with Crippen LogP contribution >= 0.6 is 15.9 Å². The molecule has 0 spiro atoms. The van der Waals surface area contributed by atoms with Crippen molar-refractivity contribution in [1.29, 1.82) is 0 Å². The molecular weight excluding hydrogens is 275 g/mol. The number of anilines is 1. The first-order valence-corrected chi connectivity index (χ1v) is 5.61. The first-order valence-electron chi connectivity index (χ1n) is 4.82. The molecule has 0 saturated heterocycles. The number of rotatable bonds is 2. The van der Waals surface area contributed by atoms with Crippen LogP contribution in [0, 0.1) is 12.7 Å². The number of hydrogen-bond acceptors (Lipinski definition) is 2. The van der Waals surface area contributed by atoms with Crippen LogP contribution < -0.4 is 16.6 Å². The molecule has 0 heterocycles. The standard InChI is InChI=1S/C10H14BrFN4/c1-3-14-10(16-13)15-9-5-7(11)8(12)4-6(9)2/h4-5H,3,13H2,1-2H3,(H2,14,15,16). The number of aliphatic imine (C=N–C) groups is 1. The fraction of sp³-hybridized carbons (Fsp3) is 0.300. The lowest BCUT2D eigenvalue weighted by Gasteiger charge is -2.12. The van der Waals surface area contributed by atoms with Gasteiger partial charge in [-0.1, -0.05) is 0 Å². The third-order valence-corrected chi connectivity index (χ3v) is 2.58. The van der Waals surface area contributed by atoms with Gasteiger partial charge in [0.1, 0.15) is 5.82 Å². The van der Waals surface area contributed by atoms with Gasteiger partial charge in [-0.2, -0.15) is 0 Å². The second-order valence-corrected chi connectivity index (χ2v) is 4.03. The van der Waals surface area contributed by atoms with Gasteiger partial charge < -0.3 is 5.32 Å². The first-order chi connectivity index (χ1) is 7.58. The topological polar surface area (TPSA) is 62.4 Å². The van der Waals surface area contributed by atoms with Crippen molar-refractivity contribution in [1.82, 2.24) is 5.43 Å². The van der Waals surface area contributed by atoms with Crippen LogP contribution in [0.25, 0.3) is 0 Å². The molecule has 88 valence electrons. The smallest absolute Gasteiger partial charge is 0.210 e. The van der Waals surface area contributed by atoms with Gasteiger partial charge in [-0.25, -0.2) is 10.2 Å². The average molecular weight is 289 g/mol. The lowest BCUT2D eigenvalue weighted by atomic mass is 10.2. The van der Waals surface area contributed by atoms with Crippen molar-refractivity contribution >= 4 is 27.6 Å². The summed E-state index contributed by atoms with van der Waals surface area (Å²) in [7, 11) is 0. The molecule has 4 N–H and O–H groups in total. The number of nitrogens with two attached hydrogens (primary N) is 1. The van der Waals surface area contributed by atoms with E-state index >= 15 is 0 Å². The Balaban J connectivity index is 2.97. The Morgan fingerprint density at radius 2 is 2.25 bits per heavy atom. The number of aryl methyl sites for hydroxylation is 1. The maximum atomic E-state index is 13.2. The van der Waals surface area contributed by atoms with Gasteiger partial charge >= 0.3 is 0 Å². The van der Waals surface area contributed by atoms with Crippen molar-refractivity contribution in [3.05, 3.63) is 28.0 Å². The van der Waals surface area contributed by atoms with Crippen LogP contribution in [-0.4, -0.2) is 12.5 Å². The molecule has 0 atom stereocenters. The van der Waals surface area contributed by atoms with Crippen LogP contribution in [0.15, 0.2) is 21.6 Å². The molecule has 0 fully saturated rings. The maximum Gasteiger partial charge on any atom is 0.210 e. The quantitative estimate of drug-likeness (QED) is 0.338. The Morgan fingerprint density at radius 1 is 1.56 bits per heavy atom. The highest BCUT2D eigenvalue weighted by Gasteiger charge is 2.06. The normalized spacial score (nSPS) is 11.4. The summed E-state index contributed by atoms with van der Waals surface area (Å²) in [6.45, 7) is 4.30. The Kier molecular flexibility index (Phi) is 4.70. The molecule has 0 aromatic heterocycles. The molecule has 1 aromatic carbocycles. The molecule has 16 heavy (non-hydrogen) atoms. The molecule has 0 bridgehead atoms. The first kappa shape index (κ1) is 12.9. The molecule has 0 unspecified atom stereocenters. The number of halogens is 2. The minimum atomic E-state index is -0.294. The number of hydrogen-bond donors (Lipinski definition) is 3. The highest BCUT2D eigenvalue weighted by Crippen LogP contribution is 2.24. The van der Waals surface area contributed by atoms with Crippen molar-refractivity contribution in [2.45, 2.75) is 13.8 Å². The van der Waals surface area contributed by atoms with Gasteiger partial charge in [0.15, 0.2) is 0 Å². The number of nitrogens with one attached hydrogen (secondary N) is 2. The molecule has 4 nitrogen and oxygen atoms in total. The van der Waals surface area contributed by atoms with E-state index in [2.05, 4.69) is 31.7 Å². The summed E-state index contributed by atoms with van der Waals surface area (Å²) in [6, 6.07) is 3.08. The Bertz CT molecular complexity index is 406. The zero-order valence-corrected chi connectivity index (χ0v) is 10.7. The zero-order valence-electron chi connectivity index (χ0n) is 9.14. The van der Waals surface area contributed by atoms with E-state index in [0.717, 1.165) is 11.3 Å². The predicted molar refractivity (Wildman–Crippen MR) is 67.8 cm³/mol. The molecule has 0 aliphatic heterocycles. The van der Waals surface area contributed by atoms with Crippen molar-refractivity contribution in [3.8, 4) is 0 Å². The Morgan fingerprint density at radius 3 is 2.81 bits per heavy atom. The highest BCUT2D eigenvalue weighted by molar-refractivity contribution is 9.10. The molecule has 0 radical (unpaired) electrons. The van der Waals surface area contributed by atoms with E-state index in [1.165, 1.54) is 6.07 Å². The monoisotopic (exact) mass is 288 g/mol. The van der Waals surface area contributed by atoms with Gasteiger partial charge in [-0.15, -0.1) is 0 Å². The fourth-order valence-electron chi connectivity index (χ4n) is 1.19. The predicted octanol–water partition coefficient (Wildman–Crippen LogP) is 2.15. The van der Waals surface area contributed by atoms with Crippen LogP contribution in [0.5, 0.6) is 0 Å². The van der Waals surface area contributed by atoms with Crippen molar-refractivity contribution in [2.75, 3.05) is 11.9 Å². The van der Waals surface area contributed by atoms with E-state index in [-0.39, 0.29) is 5.82 Å². The molecule has 1 rings (SSSR count). The summed E-state index contributed by atoms with van der Waals surface area (Å²) in [5.74, 6) is 5.45. The maximum absolute atomic E-state index is 13.2. The fourth-order valence-corrected chi connectivity index (χ4v) is 1.53. The van der Waals surface area contributed by atoms with Crippen LogP contribution in [-0.2, 0) is 0 Å². The minimum Gasteiger partial charge on any atom is -0.325 e. The van der Waals surface area contributed by atoms with Gasteiger partial charge in [0.25, 0.3) is 0 Å². The number of nitrogens with zero attached hydrogens (tertiary/aromatic N) is 1. The molecule has 6 heteroatoms. The van der Waals surface area contributed by atoms with Gasteiger partial charge in [0.2, 0.25) is 5.96 Å². The second kappa shape index (κ2) is 5.81. The van der Waals surface area contributed by atoms with E-state index < -0.39 is 0 Å². The molecule has 0 saturated carbocycles. The summed E-state index contributed by atoms with van der Waals surface area (Å²) in [6.07, 6.45) is 0. The average Bonchev–Trinajstić information content (AvgIpc) is 2.25. The van der Waals surface area contributed by atoms with E-state index in [1.807, 2.05) is 6.92 Å². The molecule has 0 aliphatic rings. The number of hydrazine groups is 1. The summed E-state index contributed by atoms with van der Waals surface area (Å²) in [4.78, 5) is 4.09. The summed E-state index contributed by atoms with van der Waals surface area (Å²) in [5.41, 5.74) is 3.97. The lowest BCUT2D eigenvalue weighted by Crippen LogP contribution is -2.36. The van der Waals surface area contributed by atoms with E-state index in [1.54, 1.807) is 13.0 Å². The minimum absolute atomic E-state index is 0.294. The third-order valence-electron chi connectivity index (χ3n) is 1.97. The Hall–Kier alpha value is -1.14. The highest BCUT2D eigenvalue weighted by atomic mass is 79.9. The van der Waals surface area contributed by atoms with Gasteiger partial charge in [-0.05, 0) is 47.5 Å². The van der Waals surface area contributed by atoms with E-state index in [0.29, 0.717) is 17.0 Å². The van der Waals surface area contributed by atoms with Gasteiger partial charge in [0.05, 0.1) is 4.47 Å². The summed E-state index contributed by atoms with van der Waals surface area (Å²) < 4.78 is 13.6. The van der Waals surface area contributed by atoms with Crippen LogP contribution in [0.2, 0.25) is 0 Å². The van der Waals surface area contributed by atoms with Gasteiger partial charge in [-0.3, -0.25) is 10.4 Å². The zero-order chi connectivity index (χ0) is 12.1. The van der Waals surface area contributed by atoms with E-state index in [4.69, 9.17) is 5.84 Å². The van der Waals surface area contributed by atoms with Crippen molar-refractivity contribution in [3.63, 3.8) is 0 Å². The van der Waals surface area contributed by atoms with E-state index in [9.17, 15) is 4.39 Å². The SMILES string of the molecule is CCN=C(NN)Nc1cc(Br)c(F)cc1C. The summed E-state index contributed by atoms with van der Waals surface area (Å²) >= 11 is 3.12. The number of guanidine groups is 1. The van der Waals surface area contributed by atoms with Crippen LogP contribution in [0.1, 0.15) is 12.5 Å². The third kappa shape index (κ3) is 3.18. The van der Waals surface area contributed by atoms with Crippen molar-refractivity contribution in [2.24, 2.45) is 10.8 Å². The van der Waals surface area contributed by atoms with Gasteiger partial charge in [0, 0.05) is 12.2 Å². The van der Waals surface area contributed by atoms with Crippen LogP contribution in [0.3, 0.4) is 0 Å². The second-order valence-electron chi connectivity index (χ2n) is 3.17. The van der Waals surface area contributed by atoms with Crippen LogP contribution in [0.4, 0.5) is 10.1 Å². The molecule has 0 aliphatic carbocycles. The molecule has 1 aromatic rings. The number of benzene rings is 1. The van der Waals surface area contributed by atoms with Crippen molar-refractivity contribution < 1.29 is 4.39 Å². The largest absolute Gasteiger partial charge is 0.325 e. The molecular formula is C10H14BrFN4. The lowest BCUT2D eigenvalue weighted by molar-refractivity contribution is 0.620. The Labute approximate surface area is 102 Å². The summed E-state index contributed by atoms with van der Waals surface area (Å²) in [5, 5.41) is 2.98.